The van der Waals surface area contributed by atoms with Crippen LogP contribution in [-0.4, -0.2) is 33.4 Å². The van der Waals surface area contributed by atoms with E-state index in [1.165, 1.54) is 4.68 Å². The summed E-state index contributed by atoms with van der Waals surface area (Å²) in [7, 11) is 0. The Morgan fingerprint density at radius 2 is 1.88 bits per heavy atom. The summed E-state index contributed by atoms with van der Waals surface area (Å²) in [4.78, 5) is 25.0. The van der Waals surface area contributed by atoms with Gasteiger partial charge >= 0.3 is 0 Å². The molecule has 2 unspecified atom stereocenters. The second-order valence-electron chi connectivity index (χ2n) is 6.75. The summed E-state index contributed by atoms with van der Waals surface area (Å²) in [6.07, 6.45) is 0.936. The van der Waals surface area contributed by atoms with Gasteiger partial charge in [-0.25, -0.2) is 4.68 Å². The number of nitrogens with one attached hydrogen (secondary N) is 1. The van der Waals surface area contributed by atoms with Gasteiger partial charge in [0.2, 0.25) is 5.91 Å². The second-order valence-corrected chi connectivity index (χ2v) is 6.75. The molecule has 6 nitrogen and oxygen atoms in total. The summed E-state index contributed by atoms with van der Waals surface area (Å²) in [6.45, 7) is 7.69. The van der Waals surface area contributed by atoms with Crippen LogP contribution in [0, 0.1) is 5.92 Å². The van der Waals surface area contributed by atoms with E-state index in [-0.39, 0.29) is 42.5 Å². The second kappa shape index (κ2) is 8.25. The SMILES string of the molecule is CCC(C)C(CO)NC(=O)Cc1nn(C(C)C)c(=O)c2ccccc12. The van der Waals surface area contributed by atoms with Crippen LogP contribution in [0.15, 0.2) is 29.1 Å². The molecule has 0 aliphatic carbocycles. The minimum Gasteiger partial charge on any atom is -0.394 e. The van der Waals surface area contributed by atoms with Crippen molar-refractivity contribution in [3.8, 4) is 0 Å². The number of aromatic nitrogens is 2. The molecule has 6 heteroatoms. The van der Waals surface area contributed by atoms with Crippen molar-refractivity contribution in [3.63, 3.8) is 0 Å². The summed E-state index contributed by atoms with van der Waals surface area (Å²) in [6, 6.07) is 6.84. The van der Waals surface area contributed by atoms with E-state index in [0.29, 0.717) is 16.5 Å². The van der Waals surface area contributed by atoms with Gasteiger partial charge in [-0.15, -0.1) is 0 Å². The first kappa shape index (κ1) is 19.1. The number of rotatable bonds is 7. The van der Waals surface area contributed by atoms with E-state index in [4.69, 9.17) is 0 Å². The molecule has 0 saturated carbocycles. The standard InChI is InChI=1S/C19H27N3O3/c1-5-13(4)17(11-23)20-18(24)10-16-14-8-6-7-9-15(14)19(25)22(21-16)12(2)3/h6-9,12-13,17,23H,5,10-11H2,1-4H3,(H,20,24). The number of nitrogens with zero attached hydrogens (tertiary/aromatic N) is 2. The van der Waals surface area contributed by atoms with E-state index < -0.39 is 0 Å². The molecule has 0 spiro atoms. The largest absolute Gasteiger partial charge is 0.394 e. The van der Waals surface area contributed by atoms with Gasteiger partial charge in [-0.05, 0) is 25.8 Å². The average molecular weight is 345 g/mol. The van der Waals surface area contributed by atoms with Gasteiger partial charge in [0.05, 0.1) is 36.2 Å². The first-order chi connectivity index (χ1) is 11.9. The molecule has 2 aromatic rings. The van der Waals surface area contributed by atoms with E-state index in [1.807, 2.05) is 45.9 Å². The van der Waals surface area contributed by atoms with Crippen molar-refractivity contribution < 1.29 is 9.90 Å². The number of fused-ring (bicyclic) bond motifs is 1. The van der Waals surface area contributed by atoms with Gasteiger partial charge in [0.1, 0.15) is 0 Å². The molecular formula is C19H27N3O3. The minimum atomic E-state index is -0.278. The normalized spacial score (nSPS) is 13.8. The van der Waals surface area contributed by atoms with Crippen molar-refractivity contribution in [2.45, 2.75) is 52.6 Å². The third kappa shape index (κ3) is 4.25. The molecule has 136 valence electrons. The number of aliphatic hydroxyl groups excluding tert-OH is 1. The summed E-state index contributed by atoms with van der Waals surface area (Å²) in [5, 5.41) is 18.1. The van der Waals surface area contributed by atoms with Crippen LogP contribution in [0.5, 0.6) is 0 Å². The van der Waals surface area contributed by atoms with Crippen LogP contribution in [0.25, 0.3) is 10.8 Å². The highest BCUT2D eigenvalue weighted by Gasteiger charge is 2.19. The molecular weight excluding hydrogens is 318 g/mol. The first-order valence-electron chi connectivity index (χ1n) is 8.79. The molecule has 0 aliphatic rings. The highest BCUT2D eigenvalue weighted by Crippen LogP contribution is 2.16. The molecule has 2 atom stereocenters. The number of hydrogen-bond acceptors (Lipinski definition) is 4. The zero-order valence-corrected chi connectivity index (χ0v) is 15.3. The molecule has 0 fully saturated rings. The van der Waals surface area contributed by atoms with Crippen LogP contribution >= 0.6 is 0 Å². The predicted octanol–water partition coefficient (Wildman–Crippen LogP) is 2.04. The van der Waals surface area contributed by atoms with Crippen LogP contribution in [0.2, 0.25) is 0 Å². The van der Waals surface area contributed by atoms with Gasteiger partial charge in [0, 0.05) is 5.39 Å². The van der Waals surface area contributed by atoms with Crippen LogP contribution < -0.4 is 10.9 Å². The molecule has 2 rings (SSSR count). The Kier molecular flexibility index (Phi) is 6.31. The molecule has 25 heavy (non-hydrogen) atoms. The van der Waals surface area contributed by atoms with E-state index in [9.17, 15) is 14.7 Å². The minimum absolute atomic E-state index is 0.0699. The summed E-state index contributed by atoms with van der Waals surface area (Å²) in [5.41, 5.74) is 0.421. The third-order valence-corrected chi connectivity index (χ3v) is 4.60. The number of hydrogen-bond donors (Lipinski definition) is 2. The van der Waals surface area contributed by atoms with Crippen molar-refractivity contribution in [3.05, 3.63) is 40.3 Å². The fourth-order valence-corrected chi connectivity index (χ4v) is 2.82. The molecule has 1 amide bonds. The zero-order chi connectivity index (χ0) is 18.6. The number of aliphatic hydroxyl groups is 1. The Bertz CT molecular complexity index is 798. The quantitative estimate of drug-likeness (QED) is 0.804. The number of amides is 1. The molecule has 1 aromatic heterocycles. The molecule has 1 aromatic carbocycles. The maximum absolute atomic E-state index is 12.5. The van der Waals surface area contributed by atoms with E-state index in [1.54, 1.807) is 6.07 Å². The Labute approximate surface area is 147 Å². The van der Waals surface area contributed by atoms with E-state index in [2.05, 4.69) is 10.4 Å². The lowest BCUT2D eigenvalue weighted by molar-refractivity contribution is -0.121. The monoisotopic (exact) mass is 345 g/mol. The molecule has 1 heterocycles. The lowest BCUT2D eigenvalue weighted by Gasteiger charge is -2.22. The highest BCUT2D eigenvalue weighted by atomic mass is 16.3. The molecule has 0 bridgehead atoms. The fourth-order valence-electron chi connectivity index (χ4n) is 2.82. The van der Waals surface area contributed by atoms with Crippen molar-refractivity contribution >= 4 is 16.7 Å². The third-order valence-electron chi connectivity index (χ3n) is 4.60. The van der Waals surface area contributed by atoms with Crippen LogP contribution in [-0.2, 0) is 11.2 Å². The smallest absolute Gasteiger partial charge is 0.274 e. The predicted molar refractivity (Wildman–Crippen MR) is 98.6 cm³/mol. The summed E-state index contributed by atoms with van der Waals surface area (Å²) in [5.74, 6) is -0.0192. The molecule has 0 radical (unpaired) electrons. The molecule has 2 N–H and O–H groups in total. The maximum Gasteiger partial charge on any atom is 0.274 e. The van der Waals surface area contributed by atoms with Crippen LogP contribution in [0.3, 0.4) is 0 Å². The van der Waals surface area contributed by atoms with Gasteiger partial charge in [-0.1, -0.05) is 38.5 Å². The van der Waals surface area contributed by atoms with Crippen molar-refractivity contribution in [1.29, 1.82) is 0 Å². The van der Waals surface area contributed by atoms with Gasteiger partial charge in [0.25, 0.3) is 5.56 Å². The maximum atomic E-state index is 12.5. The van der Waals surface area contributed by atoms with Crippen LogP contribution in [0.1, 0.15) is 45.9 Å². The van der Waals surface area contributed by atoms with Gasteiger partial charge in [0.15, 0.2) is 0 Å². The Hall–Kier alpha value is -2.21. The Morgan fingerprint density at radius 3 is 2.44 bits per heavy atom. The van der Waals surface area contributed by atoms with Crippen LogP contribution in [0.4, 0.5) is 0 Å². The Balaban J connectivity index is 2.36. The number of carbonyl (C=O) groups excluding carboxylic acids is 1. The Morgan fingerprint density at radius 1 is 1.24 bits per heavy atom. The number of benzene rings is 1. The van der Waals surface area contributed by atoms with Crippen molar-refractivity contribution in [2.24, 2.45) is 5.92 Å². The first-order valence-corrected chi connectivity index (χ1v) is 8.79. The topological polar surface area (TPSA) is 84.2 Å². The lowest BCUT2D eigenvalue weighted by atomic mass is 9.99. The summed E-state index contributed by atoms with van der Waals surface area (Å²) >= 11 is 0. The van der Waals surface area contributed by atoms with E-state index in [0.717, 1.165) is 6.42 Å². The van der Waals surface area contributed by atoms with Gasteiger partial charge < -0.3 is 10.4 Å². The molecule has 0 saturated heterocycles. The number of carbonyl (C=O) groups is 1. The van der Waals surface area contributed by atoms with Gasteiger partial charge in [-0.3, -0.25) is 9.59 Å². The highest BCUT2D eigenvalue weighted by molar-refractivity contribution is 5.88. The van der Waals surface area contributed by atoms with Crippen molar-refractivity contribution in [2.75, 3.05) is 6.61 Å². The van der Waals surface area contributed by atoms with E-state index >= 15 is 0 Å². The lowest BCUT2D eigenvalue weighted by Crippen LogP contribution is -2.42. The van der Waals surface area contributed by atoms with Gasteiger partial charge in [-0.2, -0.15) is 5.10 Å². The zero-order valence-electron chi connectivity index (χ0n) is 15.3. The molecule has 0 aliphatic heterocycles. The summed E-state index contributed by atoms with van der Waals surface area (Å²) < 4.78 is 1.42. The van der Waals surface area contributed by atoms with Crippen molar-refractivity contribution in [1.82, 2.24) is 15.1 Å². The average Bonchev–Trinajstić information content (AvgIpc) is 2.61. The fraction of sp³-hybridized carbons (Fsp3) is 0.526.